The number of hydrogen-bond acceptors (Lipinski definition) is 8. The molecule has 0 amide bonds. The maximum atomic E-state index is 9.90. The van der Waals surface area contributed by atoms with Crippen LogP contribution in [0, 0.1) is 13.8 Å². The Morgan fingerprint density at radius 1 is 0.543 bits per heavy atom. The number of aromatic nitrogens is 1. The van der Waals surface area contributed by atoms with Gasteiger partial charge in [0.05, 0.1) is 62.7 Å². The molecule has 170 valence electrons. The third kappa shape index (κ3) is 2.47. The SMILES string of the molecule is Cc1cc2sc3c(sc4c3sc3c4sc4c3sc3c5sc(C)cc5n(-c5ccc(O)cc5)c43)c2s1. The van der Waals surface area contributed by atoms with Crippen LogP contribution >= 0.6 is 79.4 Å². The second-order valence-corrected chi connectivity index (χ2v) is 16.4. The van der Waals surface area contributed by atoms with Crippen molar-refractivity contribution >= 4 is 147 Å². The van der Waals surface area contributed by atoms with Crippen LogP contribution in [0.25, 0.3) is 73.1 Å². The molecule has 8 aromatic heterocycles. The summed E-state index contributed by atoms with van der Waals surface area (Å²) in [5, 5.41) is 9.90. The predicted molar refractivity (Wildman–Crippen MR) is 165 cm³/mol. The standard InChI is InChI=1S/C26H13NOS7/c1-9-7-13-16(29-9)18-15(27(13)11-3-5-12(28)6-4-11)19-21(32-18)23-25(33-19)26-24(35-23)22-20(34-26)17-14(31-22)8-10(2)30-17/h3-8,28H,1-2H3. The van der Waals surface area contributed by atoms with Crippen LogP contribution in [-0.2, 0) is 0 Å². The largest absolute Gasteiger partial charge is 0.508 e. The van der Waals surface area contributed by atoms with E-state index in [1.54, 1.807) is 12.1 Å². The summed E-state index contributed by atoms with van der Waals surface area (Å²) in [6.07, 6.45) is 0. The second-order valence-electron chi connectivity index (χ2n) is 8.79. The van der Waals surface area contributed by atoms with Crippen molar-refractivity contribution < 1.29 is 5.11 Å². The van der Waals surface area contributed by atoms with Crippen molar-refractivity contribution in [3.8, 4) is 11.4 Å². The van der Waals surface area contributed by atoms with Crippen molar-refractivity contribution in [1.82, 2.24) is 4.57 Å². The molecule has 0 aliphatic carbocycles. The van der Waals surface area contributed by atoms with Gasteiger partial charge in [-0.2, -0.15) is 0 Å². The Hall–Kier alpha value is -1.98. The third-order valence-corrected chi connectivity index (χ3v) is 16.0. The van der Waals surface area contributed by atoms with Gasteiger partial charge < -0.3 is 9.67 Å². The smallest absolute Gasteiger partial charge is 0.115 e. The number of phenols is 1. The molecule has 0 fully saturated rings. The zero-order valence-corrected chi connectivity index (χ0v) is 23.9. The van der Waals surface area contributed by atoms with Crippen LogP contribution in [0.4, 0.5) is 0 Å². The summed E-state index contributed by atoms with van der Waals surface area (Å²) in [5.74, 6) is 0.303. The third-order valence-electron chi connectivity index (χ3n) is 6.54. The van der Waals surface area contributed by atoms with E-state index in [0.29, 0.717) is 5.75 Å². The van der Waals surface area contributed by atoms with Crippen LogP contribution < -0.4 is 0 Å². The van der Waals surface area contributed by atoms with Gasteiger partial charge in [-0.3, -0.25) is 0 Å². The second kappa shape index (κ2) is 6.66. The van der Waals surface area contributed by atoms with E-state index >= 15 is 0 Å². The molecule has 0 aliphatic rings. The average Bonchev–Trinajstić information content (AvgIpc) is 3.63. The first kappa shape index (κ1) is 20.1. The molecule has 0 atom stereocenters. The van der Waals surface area contributed by atoms with Gasteiger partial charge >= 0.3 is 0 Å². The minimum Gasteiger partial charge on any atom is -0.508 e. The highest BCUT2D eigenvalue weighted by Gasteiger charge is 2.26. The highest BCUT2D eigenvalue weighted by atomic mass is 32.1. The predicted octanol–water partition coefficient (Wildman–Crippen LogP) is 11.3. The monoisotopic (exact) mass is 579 g/mol. The Labute approximate surface area is 226 Å². The minimum absolute atomic E-state index is 0.303. The first-order valence-electron chi connectivity index (χ1n) is 11.0. The summed E-state index contributed by atoms with van der Waals surface area (Å²) in [6.45, 7) is 4.41. The number of rotatable bonds is 1. The highest BCUT2D eigenvalue weighted by Crippen LogP contribution is 2.58. The van der Waals surface area contributed by atoms with Crippen molar-refractivity contribution in [3.63, 3.8) is 0 Å². The Balaban J connectivity index is 1.42. The number of fused-ring (bicyclic) bond motifs is 13. The van der Waals surface area contributed by atoms with Crippen molar-refractivity contribution in [2.45, 2.75) is 13.8 Å². The highest BCUT2D eigenvalue weighted by molar-refractivity contribution is 7.51. The Morgan fingerprint density at radius 3 is 1.77 bits per heavy atom. The molecular formula is C26H13NOS7. The van der Waals surface area contributed by atoms with E-state index in [1.807, 2.05) is 91.5 Å². The summed E-state index contributed by atoms with van der Waals surface area (Å²) in [7, 11) is 0. The fourth-order valence-corrected chi connectivity index (χ4v) is 15.3. The quantitative estimate of drug-likeness (QED) is 0.206. The van der Waals surface area contributed by atoms with Crippen LogP contribution in [0.3, 0.4) is 0 Å². The normalized spacial score (nSPS) is 13.0. The number of aromatic hydroxyl groups is 1. The lowest BCUT2D eigenvalue weighted by molar-refractivity contribution is 0.475. The van der Waals surface area contributed by atoms with Crippen LogP contribution in [0.15, 0.2) is 36.4 Å². The van der Waals surface area contributed by atoms with Gasteiger partial charge in [-0.25, -0.2) is 0 Å². The summed E-state index contributed by atoms with van der Waals surface area (Å²) in [5.41, 5.74) is 3.71. The topological polar surface area (TPSA) is 25.2 Å². The van der Waals surface area contributed by atoms with Gasteiger partial charge in [0.1, 0.15) is 5.75 Å². The van der Waals surface area contributed by atoms with E-state index < -0.39 is 0 Å². The first-order chi connectivity index (χ1) is 17.0. The minimum atomic E-state index is 0.303. The van der Waals surface area contributed by atoms with Gasteiger partial charge in [0.15, 0.2) is 0 Å². The number of hydrogen-bond donors (Lipinski definition) is 1. The molecule has 0 radical (unpaired) electrons. The molecule has 8 heterocycles. The van der Waals surface area contributed by atoms with E-state index in [2.05, 4.69) is 30.5 Å². The van der Waals surface area contributed by atoms with Gasteiger partial charge in [-0.15, -0.1) is 79.4 Å². The van der Waals surface area contributed by atoms with Crippen LogP contribution in [0.5, 0.6) is 5.75 Å². The van der Waals surface area contributed by atoms with Crippen molar-refractivity contribution in [1.29, 1.82) is 0 Å². The summed E-state index contributed by atoms with van der Waals surface area (Å²) in [6, 6.07) is 12.3. The van der Waals surface area contributed by atoms with Crippen LogP contribution in [0.1, 0.15) is 9.75 Å². The lowest BCUT2D eigenvalue weighted by Gasteiger charge is -2.06. The van der Waals surface area contributed by atoms with E-state index in [-0.39, 0.29) is 0 Å². The number of thiophene rings is 7. The van der Waals surface area contributed by atoms with Gasteiger partial charge in [-0.05, 0) is 50.2 Å². The van der Waals surface area contributed by atoms with E-state index in [0.717, 1.165) is 5.69 Å². The van der Waals surface area contributed by atoms with Crippen LogP contribution in [0.2, 0.25) is 0 Å². The molecule has 9 heteroatoms. The molecule has 1 N–H and O–H groups in total. The summed E-state index contributed by atoms with van der Waals surface area (Å²) >= 11 is 13.7. The lowest BCUT2D eigenvalue weighted by atomic mass is 10.3. The lowest BCUT2D eigenvalue weighted by Crippen LogP contribution is -1.91. The summed E-state index contributed by atoms with van der Waals surface area (Å²) in [4.78, 5) is 2.73. The molecule has 0 saturated carbocycles. The molecule has 35 heavy (non-hydrogen) atoms. The average molecular weight is 580 g/mol. The van der Waals surface area contributed by atoms with Crippen molar-refractivity contribution in [2.24, 2.45) is 0 Å². The molecule has 0 bridgehead atoms. The van der Waals surface area contributed by atoms with E-state index in [1.165, 1.54) is 77.2 Å². The zero-order valence-electron chi connectivity index (χ0n) is 18.2. The fourth-order valence-electron chi connectivity index (χ4n) is 5.14. The van der Waals surface area contributed by atoms with Gasteiger partial charge in [-0.1, -0.05) is 0 Å². The Kier molecular flexibility index (Phi) is 3.83. The molecular weight excluding hydrogens is 567 g/mol. The molecule has 0 aliphatic heterocycles. The van der Waals surface area contributed by atoms with Crippen molar-refractivity contribution in [2.75, 3.05) is 0 Å². The maximum absolute atomic E-state index is 9.90. The molecule has 1 aromatic carbocycles. The summed E-state index contributed by atoms with van der Waals surface area (Å²) < 4.78 is 19.8. The van der Waals surface area contributed by atoms with Gasteiger partial charge in [0, 0.05) is 20.1 Å². The first-order valence-corrected chi connectivity index (χ1v) is 16.7. The molecule has 9 aromatic rings. The Morgan fingerprint density at radius 2 is 1.06 bits per heavy atom. The number of nitrogens with zero attached hydrogens (tertiary/aromatic N) is 1. The zero-order chi connectivity index (χ0) is 23.2. The van der Waals surface area contributed by atoms with Gasteiger partial charge in [0.25, 0.3) is 0 Å². The molecule has 9 rings (SSSR count). The van der Waals surface area contributed by atoms with Gasteiger partial charge in [0.2, 0.25) is 0 Å². The maximum Gasteiger partial charge on any atom is 0.115 e. The molecule has 0 spiro atoms. The molecule has 0 unspecified atom stereocenters. The van der Waals surface area contributed by atoms with E-state index in [9.17, 15) is 5.11 Å². The molecule has 0 saturated heterocycles. The number of benzene rings is 1. The van der Waals surface area contributed by atoms with Crippen LogP contribution in [-0.4, -0.2) is 9.67 Å². The Bertz CT molecular complexity index is 2300. The molecule has 2 nitrogen and oxygen atoms in total. The number of phenolic OH excluding ortho intramolecular Hbond substituents is 1. The van der Waals surface area contributed by atoms with Crippen molar-refractivity contribution in [3.05, 3.63) is 46.2 Å². The fraction of sp³-hybridized carbons (Fsp3) is 0.0769. The number of aryl methyl sites for hydroxylation is 2. The van der Waals surface area contributed by atoms with E-state index in [4.69, 9.17) is 0 Å².